The standard InChI is InChI=1S/C11H15N5O/c1-7-10(8(2)16(4)15-7)17-9-5-6-13-11(12-3)14-9/h5-6H,1-4H3,(H,12,13,14). The summed E-state index contributed by atoms with van der Waals surface area (Å²) in [5.41, 5.74) is 1.81. The van der Waals surface area contributed by atoms with E-state index >= 15 is 0 Å². The minimum atomic E-state index is 0.503. The van der Waals surface area contributed by atoms with Crippen molar-refractivity contribution in [2.45, 2.75) is 13.8 Å². The minimum Gasteiger partial charge on any atom is -0.435 e. The van der Waals surface area contributed by atoms with E-state index in [9.17, 15) is 0 Å². The van der Waals surface area contributed by atoms with Crippen molar-refractivity contribution >= 4 is 5.95 Å². The molecule has 17 heavy (non-hydrogen) atoms. The van der Waals surface area contributed by atoms with E-state index in [-0.39, 0.29) is 0 Å². The van der Waals surface area contributed by atoms with Gasteiger partial charge in [0.05, 0.1) is 5.69 Å². The molecule has 2 aromatic rings. The van der Waals surface area contributed by atoms with E-state index in [1.807, 2.05) is 20.9 Å². The van der Waals surface area contributed by atoms with Crippen LogP contribution in [0.4, 0.5) is 5.95 Å². The lowest BCUT2D eigenvalue weighted by Crippen LogP contribution is -1.98. The van der Waals surface area contributed by atoms with Gasteiger partial charge in [-0.1, -0.05) is 0 Å². The number of hydrogen-bond donors (Lipinski definition) is 1. The van der Waals surface area contributed by atoms with Gasteiger partial charge in [0.25, 0.3) is 0 Å². The summed E-state index contributed by atoms with van der Waals surface area (Å²) in [6, 6.07) is 1.72. The molecule has 6 nitrogen and oxygen atoms in total. The van der Waals surface area contributed by atoms with Crippen molar-refractivity contribution < 1.29 is 4.74 Å². The zero-order valence-electron chi connectivity index (χ0n) is 10.4. The summed E-state index contributed by atoms with van der Waals surface area (Å²) >= 11 is 0. The molecule has 2 aromatic heterocycles. The van der Waals surface area contributed by atoms with Gasteiger partial charge in [-0.2, -0.15) is 10.1 Å². The first kappa shape index (κ1) is 11.4. The van der Waals surface area contributed by atoms with Crippen LogP contribution in [0.15, 0.2) is 12.3 Å². The normalized spacial score (nSPS) is 10.4. The fourth-order valence-corrected chi connectivity index (χ4v) is 1.53. The van der Waals surface area contributed by atoms with E-state index in [4.69, 9.17) is 4.74 Å². The lowest BCUT2D eigenvalue weighted by molar-refractivity contribution is 0.454. The number of aromatic nitrogens is 4. The minimum absolute atomic E-state index is 0.503. The summed E-state index contributed by atoms with van der Waals surface area (Å²) < 4.78 is 7.51. The first-order valence-corrected chi connectivity index (χ1v) is 5.30. The van der Waals surface area contributed by atoms with Crippen molar-refractivity contribution in [3.05, 3.63) is 23.7 Å². The molecular weight excluding hydrogens is 218 g/mol. The van der Waals surface area contributed by atoms with Crippen LogP contribution in [-0.2, 0) is 7.05 Å². The van der Waals surface area contributed by atoms with Crippen LogP contribution in [-0.4, -0.2) is 26.8 Å². The van der Waals surface area contributed by atoms with Gasteiger partial charge in [0, 0.05) is 26.4 Å². The van der Waals surface area contributed by atoms with Crippen LogP contribution in [0.5, 0.6) is 11.6 Å². The monoisotopic (exact) mass is 233 g/mol. The summed E-state index contributed by atoms with van der Waals surface area (Å²) in [4.78, 5) is 8.22. The van der Waals surface area contributed by atoms with Crippen LogP contribution < -0.4 is 10.1 Å². The highest BCUT2D eigenvalue weighted by atomic mass is 16.5. The first-order valence-electron chi connectivity index (χ1n) is 5.30. The molecule has 0 unspecified atom stereocenters. The second kappa shape index (κ2) is 4.40. The maximum atomic E-state index is 5.73. The molecule has 0 spiro atoms. The van der Waals surface area contributed by atoms with Gasteiger partial charge in [-0.05, 0) is 13.8 Å². The van der Waals surface area contributed by atoms with Crippen molar-refractivity contribution in [2.75, 3.05) is 12.4 Å². The quantitative estimate of drug-likeness (QED) is 0.873. The van der Waals surface area contributed by atoms with E-state index in [2.05, 4.69) is 20.4 Å². The van der Waals surface area contributed by atoms with E-state index < -0.39 is 0 Å². The molecule has 0 saturated carbocycles. The SMILES string of the molecule is CNc1nccc(Oc2c(C)nn(C)c2C)n1. The zero-order valence-corrected chi connectivity index (χ0v) is 10.4. The van der Waals surface area contributed by atoms with Gasteiger partial charge in [0.1, 0.15) is 5.69 Å². The number of nitrogens with zero attached hydrogens (tertiary/aromatic N) is 4. The Labute approximate surface area is 99.7 Å². The highest BCUT2D eigenvalue weighted by Gasteiger charge is 2.12. The van der Waals surface area contributed by atoms with Crippen LogP contribution in [0.25, 0.3) is 0 Å². The van der Waals surface area contributed by atoms with Gasteiger partial charge in [0.2, 0.25) is 11.8 Å². The number of nitrogens with one attached hydrogen (secondary N) is 1. The Morgan fingerprint density at radius 2 is 2.12 bits per heavy atom. The van der Waals surface area contributed by atoms with E-state index in [1.54, 1.807) is 24.0 Å². The van der Waals surface area contributed by atoms with Gasteiger partial charge < -0.3 is 10.1 Å². The second-order valence-electron chi connectivity index (χ2n) is 3.69. The van der Waals surface area contributed by atoms with Crippen molar-refractivity contribution in [3.63, 3.8) is 0 Å². The smallest absolute Gasteiger partial charge is 0.225 e. The zero-order chi connectivity index (χ0) is 12.4. The Kier molecular flexibility index (Phi) is 2.95. The van der Waals surface area contributed by atoms with Crippen LogP contribution in [0.3, 0.4) is 0 Å². The summed E-state index contributed by atoms with van der Waals surface area (Å²) in [5.74, 6) is 1.78. The molecule has 2 heterocycles. The molecule has 0 radical (unpaired) electrons. The first-order chi connectivity index (χ1) is 8.11. The largest absolute Gasteiger partial charge is 0.435 e. The third kappa shape index (κ3) is 2.20. The maximum absolute atomic E-state index is 5.73. The van der Waals surface area contributed by atoms with Crippen LogP contribution >= 0.6 is 0 Å². The molecule has 0 bridgehead atoms. The topological polar surface area (TPSA) is 64.9 Å². The lowest BCUT2D eigenvalue weighted by Gasteiger charge is -2.05. The third-order valence-corrected chi connectivity index (χ3v) is 2.50. The molecule has 6 heteroatoms. The number of hydrogen-bond acceptors (Lipinski definition) is 5. The number of rotatable bonds is 3. The molecule has 90 valence electrons. The predicted molar refractivity (Wildman–Crippen MR) is 64.3 cm³/mol. The molecule has 0 aromatic carbocycles. The average Bonchev–Trinajstić information content (AvgIpc) is 2.56. The van der Waals surface area contributed by atoms with E-state index in [0.29, 0.717) is 11.8 Å². The highest BCUT2D eigenvalue weighted by Crippen LogP contribution is 2.26. The Hall–Kier alpha value is -2.11. The van der Waals surface area contributed by atoms with Crippen LogP contribution in [0, 0.1) is 13.8 Å². The fourth-order valence-electron chi connectivity index (χ4n) is 1.53. The number of aryl methyl sites for hydroxylation is 2. The van der Waals surface area contributed by atoms with E-state index in [0.717, 1.165) is 17.1 Å². The Morgan fingerprint density at radius 1 is 1.35 bits per heavy atom. The maximum Gasteiger partial charge on any atom is 0.225 e. The molecule has 0 fully saturated rings. The number of ether oxygens (including phenoxy) is 1. The van der Waals surface area contributed by atoms with Gasteiger partial charge >= 0.3 is 0 Å². The Bertz CT molecular complexity index is 535. The van der Waals surface area contributed by atoms with E-state index in [1.165, 1.54) is 0 Å². The molecule has 0 aliphatic heterocycles. The van der Waals surface area contributed by atoms with Gasteiger partial charge in [-0.15, -0.1) is 0 Å². The average molecular weight is 233 g/mol. The van der Waals surface area contributed by atoms with Gasteiger partial charge in [0.15, 0.2) is 5.75 Å². The third-order valence-electron chi connectivity index (χ3n) is 2.50. The fraction of sp³-hybridized carbons (Fsp3) is 0.364. The summed E-state index contributed by atoms with van der Waals surface area (Å²) in [6.07, 6.45) is 1.65. The summed E-state index contributed by atoms with van der Waals surface area (Å²) in [6.45, 7) is 3.86. The van der Waals surface area contributed by atoms with Crippen molar-refractivity contribution in [1.82, 2.24) is 19.7 Å². The molecule has 0 amide bonds. The highest BCUT2D eigenvalue weighted by molar-refractivity contribution is 5.36. The Morgan fingerprint density at radius 3 is 2.71 bits per heavy atom. The second-order valence-corrected chi connectivity index (χ2v) is 3.69. The van der Waals surface area contributed by atoms with Crippen LogP contribution in [0.2, 0.25) is 0 Å². The van der Waals surface area contributed by atoms with Crippen LogP contribution in [0.1, 0.15) is 11.4 Å². The van der Waals surface area contributed by atoms with Crippen molar-refractivity contribution in [2.24, 2.45) is 7.05 Å². The molecule has 0 saturated heterocycles. The molecule has 0 aliphatic rings. The molecule has 0 aliphatic carbocycles. The van der Waals surface area contributed by atoms with Gasteiger partial charge in [-0.25, -0.2) is 4.98 Å². The van der Waals surface area contributed by atoms with Crippen molar-refractivity contribution in [1.29, 1.82) is 0 Å². The molecule has 1 N–H and O–H groups in total. The van der Waals surface area contributed by atoms with Gasteiger partial charge in [-0.3, -0.25) is 4.68 Å². The lowest BCUT2D eigenvalue weighted by atomic mass is 10.3. The summed E-state index contributed by atoms with van der Waals surface area (Å²) in [5, 5.41) is 7.15. The summed E-state index contributed by atoms with van der Waals surface area (Å²) in [7, 11) is 3.65. The predicted octanol–water partition coefficient (Wildman–Crippen LogP) is 1.66. The Balaban J connectivity index is 2.31. The number of anilines is 1. The molecule has 2 rings (SSSR count). The molecular formula is C11H15N5O. The molecule has 0 atom stereocenters. The van der Waals surface area contributed by atoms with Crippen molar-refractivity contribution in [3.8, 4) is 11.6 Å².